The Morgan fingerprint density at radius 1 is 1.09 bits per heavy atom. The number of ether oxygens (including phenoxy) is 6. The van der Waals surface area contributed by atoms with E-state index in [1.165, 1.54) is 6.92 Å². The average molecular weight is 964 g/mol. The molecule has 0 saturated carbocycles. The van der Waals surface area contributed by atoms with Crippen LogP contribution in [0.1, 0.15) is 101 Å². The Labute approximate surface area is 398 Å². The molecule has 0 aromatic heterocycles. The normalized spacial score (nSPS) is 36.2. The zero-order valence-corrected chi connectivity index (χ0v) is 42.7. The smallest absolute Gasteiger partial charge is 0.311 e. The molecule has 0 radical (unpaired) electrons. The maximum atomic E-state index is 14.5. The van der Waals surface area contributed by atoms with Crippen LogP contribution in [-0.2, 0) is 33.2 Å². The summed E-state index contributed by atoms with van der Waals surface area (Å²) in [6.07, 6.45) is -7.96. The Morgan fingerprint density at radius 3 is 2.32 bits per heavy atom. The molecule has 2 fully saturated rings. The molecule has 2 aliphatic heterocycles. The number of hydrogen-bond acceptors (Lipinski definition) is 15. The standard InChI is InChI=1S/C47H83ClN4O12S/c1-14-37-47(10,58)41(55)31(6)52(22-15-21-49-45(65)50-35-18-16-34(48)17-19-35)26-27(2)25-46(9,57)42(64-44-39(54)36(51(11)12)24-28(3)60-44)29(4)40(30(5)43(56)62-37)63-38(20-23-59-13)61-33(8)32(7)53/h16-19,27-33,36-42,44,53-55,57-58H,14-15,20-26H2,1-13H3,(H2,49,50,65)/t27-,28-,29+,30-,31-,32-,33+,36+,37-,38+,39-,40+,41-,42-,44+,46-,47-/m1/s1. The van der Waals surface area contributed by atoms with Crippen LogP contribution < -0.4 is 10.6 Å². The van der Waals surface area contributed by atoms with E-state index in [0.717, 1.165) is 5.69 Å². The van der Waals surface area contributed by atoms with Gasteiger partial charge in [-0.15, -0.1) is 0 Å². The van der Waals surface area contributed by atoms with Crippen molar-refractivity contribution in [2.45, 2.75) is 186 Å². The Balaban J connectivity index is 2.11. The lowest BCUT2D eigenvalue weighted by Gasteiger charge is -2.47. The van der Waals surface area contributed by atoms with Crippen molar-refractivity contribution in [3.63, 3.8) is 0 Å². The van der Waals surface area contributed by atoms with Crippen molar-refractivity contribution < 1.29 is 58.7 Å². The molecule has 3 rings (SSSR count). The third-order valence-corrected chi connectivity index (χ3v) is 13.7. The van der Waals surface area contributed by atoms with Crippen LogP contribution >= 0.6 is 23.8 Å². The summed E-state index contributed by atoms with van der Waals surface area (Å²) in [6.45, 7) is 19.0. The quantitative estimate of drug-likeness (QED) is 0.0496. The number of carbonyl (C=O) groups excluding carboxylic acids is 1. The van der Waals surface area contributed by atoms with Gasteiger partial charge in [0.25, 0.3) is 0 Å². The van der Waals surface area contributed by atoms with Crippen LogP contribution in [0.3, 0.4) is 0 Å². The van der Waals surface area contributed by atoms with Gasteiger partial charge in [0.05, 0.1) is 48.6 Å². The second kappa shape index (κ2) is 26.2. The molecule has 0 aliphatic carbocycles. The third-order valence-electron chi connectivity index (χ3n) is 13.2. The molecule has 7 N–H and O–H groups in total. The van der Waals surface area contributed by atoms with Gasteiger partial charge in [-0.2, -0.15) is 0 Å². The van der Waals surface area contributed by atoms with Crippen molar-refractivity contribution >= 4 is 40.6 Å². The molecule has 2 saturated heterocycles. The van der Waals surface area contributed by atoms with Crippen LogP contribution in [0.5, 0.6) is 0 Å². The predicted molar refractivity (Wildman–Crippen MR) is 256 cm³/mol. The molecular weight excluding hydrogens is 880 g/mol. The Bertz CT molecular complexity index is 1580. The molecule has 1 aromatic rings. The minimum Gasteiger partial charge on any atom is -0.459 e. The maximum absolute atomic E-state index is 14.5. The van der Waals surface area contributed by atoms with E-state index in [4.69, 9.17) is 52.2 Å². The predicted octanol–water partition coefficient (Wildman–Crippen LogP) is 4.55. The lowest BCUT2D eigenvalue weighted by Crippen LogP contribution is -2.59. The number of aliphatic hydroxyl groups is 5. The number of nitrogens with one attached hydrogen (secondary N) is 2. The number of benzene rings is 1. The number of nitrogens with zero attached hydrogens (tertiary/aromatic N) is 2. The maximum Gasteiger partial charge on any atom is 0.311 e. The van der Waals surface area contributed by atoms with E-state index in [1.807, 2.05) is 58.8 Å². The number of methoxy groups -OCH3 is 1. The highest BCUT2D eigenvalue weighted by Gasteiger charge is 2.51. The number of thiocarbonyl (C=S) groups is 1. The molecule has 2 aliphatic rings. The number of esters is 1. The summed E-state index contributed by atoms with van der Waals surface area (Å²) < 4.78 is 37.6. The van der Waals surface area contributed by atoms with Crippen molar-refractivity contribution in [2.75, 3.05) is 52.8 Å². The van der Waals surface area contributed by atoms with Gasteiger partial charge in [0.15, 0.2) is 17.7 Å². The van der Waals surface area contributed by atoms with E-state index in [0.29, 0.717) is 42.6 Å². The second-order valence-electron chi connectivity index (χ2n) is 19.3. The summed E-state index contributed by atoms with van der Waals surface area (Å²) in [4.78, 5) is 18.5. The lowest BCUT2D eigenvalue weighted by molar-refractivity contribution is -0.306. The highest BCUT2D eigenvalue weighted by molar-refractivity contribution is 7.80. The van der Waals surface area contributed by atoms with Gasteiger partial charge in [-0.05, 0) is 131 Å². The monoisotopic (exact) mass is 963 g/mol. The van der Waals surface area contributed by atoms with Crippen LogP contribution in [0.25, 0.3) is 0 Å². The van der Waals surface area contributed by atoms with E-state index < -0.39 is 90.4 Å². The van der Waals surface area contributed by atoms with Gasteiger partial charge in [0, 0.05) is 61.9 Å². The van der Waals surface area contributed by atoms with Gasteiger partial charge in [-0.25, -0.2) is 0 Å². The average Bonchev–Trinajstić information content (AvgIpc) is 3.23. The minimum atomic E-state index is -1.89. The van der Waals surface area contributed by atoms with Crippen molar-refractivity contribution in [1.82, 2.24) is 15.1 Å². The van der Waals surface area contributed by atoms with Crippen LogP contribution in [0.15, 0.2) is 24.3 Å². The zero-order chi connectivity index (χ0) is 49.0. The van der Waals surface area contributed by atoms with Gasteiger partial charge in [-0.1, -0.05) is 32.4 Å². The van der Waals surface area contributed by atoms with Crippen LogP contribution in [0.2, 0.25) is 5.02 Å². The first kappa shape index (κ1) is 57.5. The number of likely N-dealkylation sites (N-methyl/N-ethyl adjacent to an activating group) is 1. The van der Waals surface area contributed by atoms with Crippen molar-refractivity contribution in [3.8, 4) is 0 Å². The van der Waals surface area contributed by atoms with Crippen LogP contribution in [0, 0.1) is 17.8 Å². The topological polar surface area (TPSA) is 204 Å². The van der Waals surface area contributed by atoms with Crippen LogP contribution in [-0.4, -0.2) is 179 Å². The van der Waals surface area contributed by atoms with Crippen molar-refractivity contribution in [3.05, 3.63) is 29.3 Å². The van der Waals surface area contributed by atoms with Crippen LogP contribution in [0.4, 0.5) is 5.69 Å². The van der Waals surface area contributed by atoms with E-state index in [1.54, 1.807) is 53.9 Å². The molecule has 0 spiro atoms. The fourth-order valence-corrected chi connectivity index (χ4v) is 9.58. The molecule has 0 amide bonds. The molecule has 17 atom stereocenters. The molecule has 0 bridgehead atoms. The first-order valence-electron chi connectivity index (χ1n) is 23.3. The van der Waals surface area contributed by atoms with E-state index in [-0.39, 0.29) is 43.9 Å². The highest BCUT2D eigenvalue weighted by atomic mass is 35.5. The molecule has 18 heteroatoms. The molecular formula is C47H83ClN4O12S. The summed E-state index contributed by atoms with van der Waals surface area (Å²) in [7, 11) is 5.31. The fraction of sp³-hybridized carbons (Fsp3) is 0.830. The molecule has 1 aromatic carbocycles. The van der Waals surface area contributed by atoms with Crippen molar-refractivity contribution in [1.29, 1.82) is 0 Å². The van der Waals surface area contributed by atoms with E-state index in [9.17, 15) is 30.3 Å². The minimum absolute atomic E-state index is 0.173. The number of halogens is 1. The van der Waals surface area contributed by atoms with E-state index in [2.05, 4.69) is 15.5 Å². The number of cyclic esters (lactones) is 1. The van der Waals surface area contributed by atoms with Crippen molar-refractivity contribution in [2.24, 2.45) is 17.8 Å². The summed E-state index contributed by atoms with van der Waals surface area (Å²) in [5, 5.41) is 66.6. The van der Waals surface area contributed by atoms with Gasteiger partial charge >= 0.3 is 5.97 Å². The Hall–Kier alpha value is -1.81. The highest BCUT2D eigenvalue weighted by Crippen LogP contribution is 2.38. The molecule has 65 heavy (non-hydrogen) atoms. The van der Waals surface area contributed by atoms with Gasteiger partial charge in [-0.3, -0.25) is 9.69 Å². The van der Waals surface area contributed by atoms with E-state index >= 15 is 0 Å². The molecule has 16 nitrogen and oxygen atoms in total. The number of anilines is 1. The zero-order valence-electron chi connectivity index (χ0n) is 41.1. The molecule has 2 heterocycles. The lowest BCUT2D eigenvalue weighted by atomic mass is 9.77. The second-order valence-corrected chi connectivity index (χ2v) is 20.2. The Morgan fingerprint density at radius 2 is 1.74 bits per heavy atom. The molecule has 376 valence electrons. The fourth-order valence-electron chi connectivity index (χ4n) is 9.23. The SMILES string of the molecule is CC[C@H]1OC(=O)[C@H](C)[C@@H](O[C@@H](CCOC)O[C@@H](C)[C@@H](C)O)[C@H](C)[C@@H](O[C@@H]2O[C@H](C)C[C@H](N(C)C)[C@H]2O)[C@](C)(O)C[C@@H](C)CN(CCCNC(=S)Nc2ccc(Cl)cc2)[C@H](C)[C@@H](O)[C@]1(C)O. The summed E-state index contributed by atoms with van der Waals surface area (Å²) in [5.74, 6) is -2.81. The Kier molecular flexibility index (Phi) is 23.2. The largest absolute Gasteiger partial charge is 0.459 e. The molecule has 0 unspecified atom stereocenters. The summed E-state index contributed by atoms with van der Waals surface area (Å²) >= 11 is 11.6. The van der Waals surface area contributed by atoms with Gasteiger partial charge < -0.3 is 69.5 Å². The number of carbonyl (C=O) groups is 1. The number of rotatable bonds is 17. The number of hydrogen-bond donors (Lipinski definition) is 7. The third kappa shape index (κ3) is 16.7. The van der Waals surface area contributed by atoms with Gasteiger partial charge in [0.2, 0.25) is 0 Å². The first-order chi connectivity index (χ1) is 30.3. The summed E-state index contributed by atoms with van der Waals surface area (Å²) in [6, 6.07) is 6.25. The summed E-state index contributed by atoms with van der Waals surface area (Å²) in [5.41, 5.74) is -2.74. The number of aliphatic hydroxyl groups excluding tert-OH is 3. The first-order valence-corrected chi connectivity index (χ1v) is 24.1. The van der Waals surface area contributed by atoms with Gasteiger partial charge in [0.1, 0.15) is 23.9 Å².